The normalized spacial score (nSPS) is 10.9. The Labute approximate surface area is 168 Å². The van der Waals surface area contributed by atoms with E-state index in [0.29, 0.717) is 30.1 Å². The highest BCUT2D eigenvalue weighted by atomic mass is 16.5. The molecule has 8 nitrogen and oxygen atoms in total. The molecule has 0 unspecified atom stereocenters. The van der Waals surface area contributed by atoms with Crippen LogP contribution in [0.4, 0.5) is 4.79 Å². The number of ether oxygens (including phenoxy) is 1. The van der Waals surface area contributed by atoms with E-state index in [1.807, 2.05) is 38.1 Å². The molecule has 0 saturated heterocycles. The van der Waals surface area contributed by atoms with Crippen LogP contribution in [0.3, 0.4) is 0 Å². The van der Waals surface area contributed by atoms with E-state index in [1.54, 1.807) is 23.9 Å². The van der Waals surface area contributed by atoms with Crippen molar-refractivity contribution in [3.63, 3.8) is 0 Å². The zero-order valence-corrected chi connectivity index (χ0v) is 16.6. The number of rotatable bonds is 6. The molecular formula is C21H24N4O4. The first-order chi connectivity index (χ1) is 13.9. The minimum Gasteiger partial charge on any atom is -0.508 e. The molecule has 29 heavy (non-hydrogen) atoms. The van der Waals surface area contributed by atoms with Crippen LogP contribution in [0.25, 0.3) is 17.1 Å². The van der Waals surface area contributed by atoms with Gasteiger partial charge in [0, 0.05) is 18.3 Å². The molecule has 3 N–H and O–H groups in total. The van der Waals surface area contributed by atoms with Crippen molar-refractivity contribution in [2.45, 2.75) is 33.2 Å². The third kappa shape index (κ3) is 4.48. The highest BCUT2D eigenvalue weighted by Crippen LogP contribution is 2.37. The van der Waals surface area contributed by atoms with Crippen molar-refractivity contribution in [2.24, 2.45) is 0 Å². The second-order valence-corrected chi connectivity index (χ2v) is 6.85. The topological polar surface area (TPSA) is 110 Å². The Morgan fingerprint density at radius 3 is 2.55 bits per heavy atom. The molecule has 0 fully saturated rings. The Bertz CT molecular complexity index is 996. The first kappa shape index (κ1) is 20.2. The molecule has 0 radical (unpaired) electrons. The van der Waals surface area contributed by atoms with Crippen LogP contribution >= 0.6 is 0 Å². The molecule has 1 aromatic heterocycles. The maximum atomic E-state index is 11.4. The fourth-order valence-corrected chi connectivity index (χ4v) is 2.97. The molecule has 0 atom stereocenters. The van der Waals surface area contributed by atoms with E-state index in [2.05, 4.69) is 15.5 Å². The standard InChI is InChI=1S/C21H24N4O4/c1-4-29-21(28)22-11-14-5-7-15(8-6-14)25-12-23-24-20(25)17-9-16(13(2)3)18(26)10-19(17)27/h5-10,12-13,26-27H,4,11H2,1-3H3,(H,22,28). The summed E-state index contributed by atoms with van der Waals surface area (Å²) < 4.78 is 6.59. The number of amides is 1. The van der Waals surface area contributed by atoms with Gasteiger partial charge in [0.15, 0.2) is 5.82 Å². The Balaban J connectivity index is 1.87. The molecule has 3 rings (SSSR count). The highest BCUT2D eigenvalue weighted by molar-refractivity contribution is 5.69. The lowest BCUT2D eigenvalue weighted by molar-refractivity contribution is 0.151. The predicted octanol–water partition coefficient (Wildman–Crippen LogP) is 3.72. The molecule has 0 bridgehead atoms. The zero-order chi connectivity index (χ0) is 21.0. The molecule has 0 aliphatic heterocycles. The summed E-state index contributed by atoms with van der Waals surface area (Å²) >= 11 is 0. The van der Waals surface area contributed by atoms with Crippen LogP contribution < -0.4 is 5.32 Å². The summed E-state index contributed by atoms with van der Waals surface area (Å²) in [5.41, 5.74) is 2.90. The van der Waals surface area contributed by atoms with Crippen LogP contribution in [0, 0.1) is 0 Å². The fraction of sp³-hybridized carbons (Fsp3) is 0.286. The fourth-order valence-electron chi connectivity index (χ4n) is 2.97. The Hall–Kier alpha value is -3.55. The lowest BCUT2D eigenvalue weighted by Gasteiger charge is -2.13. The number of benzene rings is 2. The summed E-state index contributed by atoms with van der Waals surface area (Å²) in [5.74, 6) is 0.515. The average Bonchev–Trinajstić information content (AvgIpc) is 3.16. The molecule has 0 aliphatic carbocycles. The molecule has 152 valence electrons. The molecular weight excluding hydrogens is 372 g/mol. The summed E-state index contributed by atoms with van der Waals surface area (Å²) in [6.07, 6.45) is 1.10. The van der Waals surface area contributed by atoms with Gasteiger partial charge in [-0.25, -0.2) is 4.79 Å². The number of aromatic nitrogens is 3. The predicted molar refractivity (Wildman–Crippen MR) is 108 cm³/mol. The second-order valence-electron chi connectivity index (χ2n) is 6.85. The quantitative estimate of drug-likeness (QED) is 0.586. The van der Waals surface area contributed by atoms with Gasteiger partial charge in [0.1, 0.15) is 17.8 Å². The van der Waals surface area contributed by atoms with Crippen LogP contribution in [0.2, 0.25) is 0 Å². The van der Waals surface area contributed by atoms with Crippen molar-refractivity contribution in [1.82, 2.24) is 20.1 Å². The molecule has 3 aromatic rings. The summed E-state index contributed by atoms with van der Waals surface area (Å²) in [5, 5.41) is 31.2. The van der Waals surface area contributed by atoms with Gasteiger partial charge in [-0.05, 0) is 42.2 Å². The third-order valence-electron chi connectivity index (χ3n) is 4.48. The van der Waals surface area contributed by atoms with Gasteiger partial charge in [-0.1, -0.05) is 26.0 Å². The molecule has 0 aliphatic rings. The Morgan fingerprint density at radius 1 is 1.17 bits per heavy atom. The largest absolute Gasteiger partial charge is 0.508 e. The van der Waals surface area contributed by atoms with E-state index < -0.39 is 6.09 Å². The number of hydrogen-bond donors (Lipinski definition) is 3. The molecule has 1 amide bonds. The number of nitrogens with one attached hydrogen (secondary N) is 1. The zero-order valence-electron chi connectivity index (χ0n) is 16.6. The van der Waals surface area contributed by atoms with Crippen molar-refractivity contribution in [2.75, 3.05) is 6.61 Å². The van der Waals surface area contributed by atoms with Crippen LogP contribution in [0.15, 0.2) is 42.7 Å². The number of phenols is 2. The SMILES string of the molecule is CCOC(=O)NCc1ccc(-n2cnnc2-c2cc(C(C)C)c(O)cc2O)cc1. The lowest BCUT2D eigenvalue weighted by Crippen LogP contribution is -2.23. The first-order valence-corrected chi connectivity index (χ1v) is 9.37. The number of phenolic OH excluding ortho intramolecular Hbond substituents is 2. The van der Waals surface area contributed by atoms with E-state index in [0.717, 1.165) is 11.3 Å². The Kier molecular flexibility index (Phi) is 6.01. The van der Waals surface area contributed by atoms with Crippen LogP contribution in [0.5, 0.6) is 11.5 Å². The first-order valence-electron chi connectivity index (χ1n) is 9.37. The average molecular weight is 396 g/mol. The molecule has 0 saturated carbocycles. The number of carbonyl (C=O) groups is 1. The van der Waals surface area contributed by atoms with Gasteiger partial charge in [0.2, 0.25) is 0 Å². The number of alkyl carbamates (subject to hydrolysis) is 1. The molecule has 1 heterocycles. The minimum absolute atomic E-state index is 0.0470. The monoisotopic (exact) mass is 396 g/mol. The van der Waals surface area contributed by atoms with Crippen LogP contribution in [-0.2, 0) is 11.3 Å². The van der Waals surface area contributed by atoms with Gasteiger partial charge < -0.3 is 20.3 Å². The summed E-state index contributed by atoms with van der Waals surface area (Å²) in [4.78, 5) is 11.4. The van der Waals surface area contributed by atoms with Gasteiger partial charge in [-0.15, -0.1) is 10.2 Å². The van der Waals surface area contributed by atoms with Gasteiger partial charge in [-0.2, -0.15) is 0 Å². The van der Waals surface area contributed by atoms with Crippen molar-refractivity contribution in [3.8, 4) is 28.6 Å². The van der Waals surface area contributed by atoms with Crippen molar-refractivity contribution in [3.05, 3.63) is 53.9 Å². The number of aromatic hydroxyl groups is 2. The highest BCUT2D eigenvalue weighted by Gasteiger charge is 2.17. The molecule has 2 aromatic carbocycles. The Morgan fingerprint density at radius 2 is 1.90 bits per heavy atom. The van der Waals surface area contributed by atoms with Gasteiger partial charge in [0.25, 0.3) is 0 Å². The number of hydrogen-bond acceptors (Lipinski definition) is 6. The van der Waals surface area contributed by atoms with Gasteiger partial charge in [-0.3, -0.25) is 4.57 Å². The maximum absolute atomic E-state index is 11.4. The third-order valence-corrected chi connectivity index (χ3v) is 4.48. The van der Waals surface area contributed by atoms with E-state index in [9.17, 15) is 15.0 Å². The summed E-state index contributed by atoms with van der Waals surface area (Å²) in [6, 6.07) is 10.6. The number of carbonyl (C=O) groups excluding carboxylic acids is 1. The maximum Gasteiger partial charge on any atom is 0.407 e. The van der Waals surface area contributed by atoms with Gasteiger partial charge >= 0.3 is 6.09 Å². The van der Waals surface area contributed by atoms with Crippen molar-refractivity contribution >= 4 is 6.09 Å². The summed E-state index contributed by atoms with van der Waals surface area (Å²) in [6.45, 7) is 6.35. The van der Waals surface area contributed by atoms with Crippen LogP contribution in [-0.4, -0.2) is 37.7 Å². The molecule has 0 spiro atoms. The summed E-state index contributed by atoms with van der Waals surface area (Å²) in [7, 11) is 0. The minimum atomic E-state index is -0.457. The number of nitrogens with zero attached hydrogens (tertiary/aromatic N) is 3. The lowest BCUT2D eigenvalue weighted by atomic mass is 9.98. The van der Waals surface area contributed by atoms with Crippen molar-refractivity contribution in [1.29, 1.82) is 0 Å². The van der Waals surface area contributed by atoms with E-state index in [-0.39, 0.29) is 17.4 Å². The molecule has 8 heteroatoms. The van der Waals surface area contributed by atoms with Crippen molar-refractivity contribution < 1.29 is 19.7 Å². The smallest absolute Gasteiger partial charge is 0.407 e. The van der Waals surface area contributed by atoms with E-state index in [1.165, 1.54) is 6.07 Å². The van der Waals surface area contributed by atoms with Gasteiger partial charge in [0.05, 0.1) is 12.2 Å². The van der Waals surface area contributed by atoms with Crippen LogP contribution in [0.1, 0.15) is 37.8 Å². The van der Waals surface area contributed by atoms with E-state index in [4.69, 9.17) is 4.74 Å². The second kappa shape index (κ2) is 8.64. The van der Waals surface area contributed by atoms with E-state index >= 15 is 0 Å².